The van der Waals surface area contributed by atoms with Crippen molar-refractivity contribution < 1.29 is 0 Å². The summed E-state index contributed by atoms with van der Waals surface area (Å²) in [5.41, 5.74) is 11.4. The Morgan fingerprint density at radius 1 is 0.833 bits per heavy atom. The van der Waals surface area contributed by atoms with Crippen molar-refractivity contribution in [2.75, 3.05) is 6.54 Å². The molecule has 4 N–H and O–H groups in total. The highest BCUT2D eigenvalue weighted by Crippen LogP contribution is 2.37. The largest absolute Gasteiger partial charge is 0.370 e. The lowest BCUT2D eigenvalue weighted by molar-refractivity contribution is 0.210. The Hall–Kier alpha value is -0.730. The summed E-state index contributed by atoms with van der Waals surface area (Å²) in [6, 6.07) is 0. The molecule has 18 heavy (non-hydrogen) atoms. The van der Waals surface area contributed by atoms with E-state index in [1.54, 1.807) is 0 Å². The molecular formula is C15H33N3. The minimum Gasteiger partial charge on any atom is -0.370 e. The van der Waals surface area contributed by atoms with Gasteiger partial charge in [-0.2, -0.15) is 0 Å². The summed E-state index contributed by atoms with van der Waals surface area (Å²) >= 11 is 0. The van der Waals surface area contributed by atoms with Crippen molar-refractivity contribution in [1.82, 2.24) is 0 Å². The minimum absolute atomic E-state index is 0.240. The lowest BCUT2D eigenvalue weighted by atomic mass is 9.74. The van der Waals surface area contributed by atoms with E-state index in [0.29, 0.717) is 5.41 Å². The lowest BCUT2D eigenvalue weighted by Crippen LogP contribution is -2.29. The Kier molecular flexibility index (Phi) is 9.80. The summed E-state index contributed by atoms with van der Waals surface area (Å²) in [5, 5.41) is 0. The van der Waals surface area contributed by atoms with Crippen LogP contribution >= 0.6 is 0 Å². The fourth-order valence-corrected chi connectivity index (χ4v) is 2.53. The van der Waals surface area contributed by atoms with E-state index in [-0.39, 0.29) is 5.96 Å². The van der Waals surface area contributed by atoms with Gasteiger partial charge in [0.05, 0.1) is 0 Å². The molecule has 0 amide bonds. The first-order valence-corrected chi connectivity index (χ1v) is 7.65. The Morgan fingerprint density at radius 3 is 1.50 bits per heavy atom. The van der Waals surface area contributed by atoms with Gasteiger partial charge in [0, 0.05) is 6.54 Å². The van der Waals surface area contributed by atoms with Crippen LogP contribution in [-0.2, 0) is 0 Å². The van der Waals surface area contributed by atoms with Crippen molar-refractivity contribution in [3.8, 4) is 0 Å². The van der Waals surface area contributed by atoms with Crippen LogP contribution < -0.4 is 11.5 Å². The van der Waals surface area contributed by atoms with E-state index in [9.17, 15) is 0 Å². The molecule has 0 atom stereocenters. The summed E-state index contributed by atoms with van der Waals surface area (Å²) in [7, 11) is 0. The van der Waals surface area contributed by atoms with Gasteiger partial charge >= 0.3 is 0 Å². The third kappa shape index (κ3) is 7.57. The molecule has 0 aliphatic rings. The van der Waals surface area contributed by atoms with E-state index >= 15 is 0 Å². The number of nitrogens with zero attached hydrogens (tertiary/aromatic N) is 1. The van der Waals surface area contributed by atoms with E-state index in [2.05, 4.69) is 25.8 Å². The predicted molar refractivity (Wildman–Crippen MR) is 81.7 cm³/mol. The molecule has 0 aliphatic heterocycles. The smallest absolute Gasteiger partial charge is 0.185 e. The quantitative estimate of drug-likeness (QED) is 0.435. The van der Waals surface area contributed by atoms with Crippen molar-refractivity contribution in [1.29, 1.82) is 0 Å². The highest BCUT2D eigenvalue weighted by Gasteiger charge is 2.28. The van der Waals surface area contributed by atoms with E-state index in [1.165, 1.54) is 57.8 Å². The number of hydrogen-bond donors (Lipinski definition) is 2. The molecule has 0 aromatic carbocycles. The zero-order chi connectivity index (χ0) is 13.9. The average Bonchev–Trinajstić information content (AvgIpc) is 2.37. The number of unbranched alkanes of at least 4 members (excludes halogenated alkanes) is 3. The number of nitrogens with two attached hydrogens (primary N) is 2. The zero-order valence-electron chi connectivity index (χ0n) is 12.7. The highest BCUT2D eigenvalue weighted by molar-refractivity contribution is 5.75. The number of rotatable bonds is 11. The van der Waals surface area contributed by atoms with Crippen LogP contribution in [0.4, 0.5) is 0 Å². The zero-order valence-corrected chi connectivity index (χ0v) is 12.7. The van der Waals surface area contributed by atoms with Crippen LogP contribution in [0.25, 0.3) is 0 Å². The third-order valence-electron chi connectivity index (χ3n) is 3.78. The molecule has 0 heterocycles. The summed E-state index contributed by atoms with van der Waals surface area (Å²) in [6.45, 7) is 7.58. The average molecular weight is 255 g/mol. The molecule has 0 radical (unpaired) electrons. The molecule has 0 unspecified atom stereocenters. The van der Waals surface area contributed by atoms with Crippen LogP contribution in [-0.4, -0.2) is 12.5 Å². The van der Waals surface area contributed by atoms with Crippen LogP contribution in [0.5, 0.6) is 0 Å². The molecule has 0 rings (SSSR count). The van der Waals surface area contributed by atoms with Crippen molar-refractivity contribution in [2.24, 2.45) is 21.9 Å². The van der Waals surface area contributed by atoms with Gasteiger partial charge in [0.1, 0.15) is 0 Å². The first kappa shape index (κ1) is 17.3. The van der Waals surface area contributed by atoms with Crippen molar-refractivity contribution >= 4 is 5.96 Å². The van der Waals surface area contributed by atoms with Gasteiger partial charge in [-0.3, -0.25) is 4.99 Å². The number of hydrogen-bond acceptors (Lipinski definition) is 1. The van der Waals surface area contributed by atoms with Gasteiger partial charge in [-0.1, -0.05) is 59.3 Å². The Morgan fingerprint density at radius 2 is 1.22 bits per heavy atom. The molecule has 3 nitrogen and oxygen atoms in total. The van der Waals surface area contributed by atoms with Gasteiger partial charge < -0.3 is 11.5 Å². The molecule has 0 spiro atoms. The second kappa shape index (κ2) is 10.2. The predicted octanol–water partition coefficient (Wildman–Crippen LogP) is 3.82. The minimum atomic E-state index is 0.240. The van der Waals surface area contributed by atoms with Crippen molar-refractivity contribution in [3.05, 3.63) is 0 Å². The molecule has 0 aromatic rings. The normalized spacial score (nSPS) is 11.5. The molecule has 0 saturated carbocycles. The maximum atomic E-state index is 5.51. The fraction of sp³-hybridized carbons (Fsp3) is 0.933. The summed E-state index contributed by atoms with van der Waals surface area (Å²) in [6.07, 6.45) is 11.4. The molecule has 0 saturated heterocycles. The molecule has 3 heteroatoms. The lowest BCUT2D eigenvalue weighted by Gasteiger charge is -2.33. The maximum absolute atomic E-state index is 5.51. The topological polar surface area (TPSA) is 64.4 Å². The molecule has 108 valence electrons. The van der Waals surface area contributed by atoms with Gasteiger partial charge in [-0.25, -0.2) is 0 Å². The third-order valence-corrected chi connectivity index (χ3v) is 3.78. The van der Waals surface area contributed by atoms with Crippen LogP contribution in [0, 0.1) is 5.41 Å². The van der Waals surface area contributed by atoms with Gasteiger partial charge in [0.25, 0.3) is 0 Å². The van der Waals surface area contributed by atoms with E-state index in [1.807, 2.05) is 0 Å². The summed E-state index contributed by atoms with van der Waals surface area (Å²) in [5.74, 6) is 0.240. The summed E-state index contributed by atoms with van der Waals surface area (Å²) in [4.78, 5) is 4.33. The number of guanidine groups is 1. The van der Waals surface area contributed by atoms with Gasteiger partial charge in [-0.15, -0.1) is 0 Å². The SMILES string of the molecule is CCCCC(CCCC)(CCCC)CN=C(N)N. The highest BCUT2D eigenvalue weighted by atomic mass is 15.0. The fourth-order valence-electron chi connectivity index (χ4n) is 2.53. The summed E-state index contributed by atoms with van der Waals surface area (Å²) < 4.78 is 0. The number of aliphatic imine (C=N–C) groups is 1. The second-order valence-electron chi connectivity index (χ2n) is 5.55. The maximum Gasteiger partial charge on any atom is 0.185 e. The van der Waals surface area contributed by atoms with Gasteiger partial charge in [0.2, 0.25) is 0 Å². The van der Waals surface area contributed by atoms with E-state index in [4.69, 9.17) is 11.5 Å². The van der Waals surface area contributed by atoms with Crippen LogP contribution in [0.1, 0.15) is 78.6 Å². The Labute approximate surface area is 113 Å². The van der Waals surface area contributed by atoms with Crippen molar-refractivity contribution in [2.45, 2.75) is 78.6 Å². The first-order valence-electron chi connectivity index (χ1n) is 7.65. The van der Waals surface area contributed by atoms with E-state index in [0.717, 1.165) is 6.54 Å². The van der Waals surface area contributed by atoms with E-state index < -0.39 is 0 Å². The molecule has 0 bridgehead atoms. The second-order valence-corrected chi connectivity index (χ2v) is 5.55. The standard InChI is InChI=1S/C15H33N3/c1-4-7-10-15(11-8-5-2,12-9-6-3)13-18-14(16)17/h4-13H2,1-3H3,(H4,16,17,18). The van der Waals surface area contributed by atoms with Crippen LogP contribution in [0.15, 0.2) is 4.99 Å². The van der Waals surface area contributed by atoms with Crippen molar-refractivity contribution in [3.63, 3.8) is 0 Å². The van der Waals surface area contributed by atoms with Crippen LogP contribution in [0.2, 0.25) is 0 Å². The molecule has 0 fully saturated rings. The van der Waals surface area contributed by atoms with Gasteiger partial charge in [0.15, 0.2) is 5.96 Å². The molecule has 0 aliphatic carbocycles. The van der Waals surface area contributed by atoms with Crippen LogP contribution in [0.3, 0.4) is 0 Å². The Balaban J connectivity index is 4.67. The first-order chi connectivity index (χ1) is 8.60. The van der Waals surface area contributed by atoms with Gasteiger partial charge in [-0.05, 0) is 24.7 Å². The molecule has 0 aromatic heterocycles. The monoisotopic (exact) mass is 255 g/mol. The Bertz CT molecular complexity index is 198. The molecular weight excluding hydrogens is 222 g/mol.